The first kappa shape index (κ1) is 14.4. The first-order chi connectivity index (χ1) is 11.2. The van der Waals surface area contributed by atoms with E-state index in [-0.39, 0.29) is 12.0 Å². The summed E-state index contributed by atoms with van der Waals surface area (Å²) in [7, 11) is 0. The highest BCUT2D eigenvalue weighted by molar-refractivity contribution is 7.08. The molecule has 0 unspecified atom stereocenters. The number of aromatic nitrogens is 2. The molecule has 0 bridgehead atoms. The van der Waals surface area contributed by atoms with Crippen molar-refractivity contribution in [1.82, 2.24) is 9.97 Å². The Balaban J connectivity index is 1.58. The molecule has 6 heteroatoms. The van der Waals surface area contributed by atoms with Crippen LogP contribution in [0.4, 0.5) is 5.69 Å². The monoisotopic (exact) mass is 327 g/mol. The average molecular weight is 327 g/mol. The Bertz CT molecular complexity index is 862. The topological polar surface area (TPSA) is 67.0 Å². The van der Waals surface area contributed by atoms with Gasteiger partial charge in [-0.3, -0.25) is 4.79 Å². The van der Waals surface area contributed by atoms with E-state index in [1.54, 1.807) is 0 Å². The number of imidazole rings is 1. The molecule has 1 fully saturated rings. The molecular weight excluding hydrogens is 310 g/mol. The second kappa shape index (κ2) is 5.79. The van der Waals surface area contributed by atoms with Crippen molar-refractivity contribution in [1.29, 1.82) is 0 Å². The molecule has 23 heavy (non-hydrogen) atoms. The Hall–Kier alpha value is -2.18. The summed E-state index contributed by atoms with van der Waals surface area (Å²) in [6, 6.07) is 5.71. The maximum absolute atomic E-state index is 12.3. The summed E-state index contributed by atoms with van der Waals surface area (Å²) in [5.41, 5.74) is 4.28. The first-order valence-electron chi connectivity index (χ1n) is 7.66. The van der Waals surface area contributed by atoms with Gasteiger partial charge >= 0.3 is 0 Å². The van der Waals surface area contributed by atoms with E-state index in [1.807, 2.05) is 35.9 Å². The van der Waals surface area contributed by atoms with Crippen LogP contribution in [0.5, 0.6) is 0 Å². The lowest BCUT2D eigenvalue weighted by molar-refractivity contribution is 0.102. The summed E-state index contributed by atoms with van der Waals surface area (Å²) in [5, 5.41) is 6.79. The van der Waals surface area contributed by atoms with Gasteiger partial charge in [-0.15, -0.1) is 0 Å². The third-order valence-electron chi connectivity index (χ3n) is 4.09. The maximum atomic E-state index is 12.3. The molecule has 1 aromatic carbocycles. The van der Waals surface area contributed by atoms with E-state index in [0.717, 1.165) is 53.1 Å². The smallest absolute Gasteiger partial charge is 0.256 e. The van der Waals surface area contributed by atoms with E-state index in [0.29, 0.717) is 0 Å². The van der Waals surface area contributed by atoms with Crippen molar-refractivity contribution in [2.75, 3.05) is 11.9 Å². The summed E-state index contributed by atoms with van der Waals surface area (Å²) >= 11 is 1.53. The molecule has 5 nitrogen and oxygen atoms in total. The number of hydrogen-bond acceptors (Lipinski definition) is 4. The zero-order valence-corrected chi connectivity index (χ0v) is 13.6. The minimum Gasteiger partial charge on any atom is -0.370 e. The van der Waals surface area contributed by atoms with E-state index < -0.39 is 0 Å². The van der Waals surface area contributed by atoms with E-state index in [1.165, 1.54) is 11.3 Å². The van der Waals surface area contributed by atoms with Gasteiger partial charge in [0.1, 0.15) is 11.9 Å². The van der Waals surface area contributed by atoms with Gasteiger partial charge in [-0.1, -0.05) is 0 Å². The van der Waals surface area contributed by atoms with Gasteiger partial charge in [-0.2, -0.15) is 11.3 Å². The number of fused-ring (bicyclic) bond motifs is 1. The van der Waals surface area contributed by atoms with Crippen molar-refractivity contribution in [3.63, 3.8) is 0 Å². The van der Waals surface area contributed by atoms with Crippen LogP contribution in [0.25, 0.3) is 11.0 Å². The number of carbonyl (C=O) groups is 1. The fourth-order valence-corrected chi connectivity index (χ4v) is 3.67. The van der Waals surface area contributed by atoms with Crippen LogP contribution in [0.3, 0.4) is 0 Å². The molecule has 2 aromatic heterocycles. The highest BCUT2D eigenvalue weighted by Crippen LogP contribution is 2.28. The molecule has 3 aromatic rings. The van der Waals surface area contributed by atoms with E-state index >= 15 is 0 Å². The van der Waals surface area contributed by atoms with Crippen LogP contribution in [-0.4, -0.2) is 22.5 Å². The van der Waals surface area contributed by atoms with Crippen LogP contribution in [0.15, 0.2) is 29.0 Å². The molecule has 0 spiro atoms. The molecule has 1 amide bonds. The number of carbonyl (C=O) groups excluding carboxylic acids is 1. The molecule has 0 saturated carbocycles. The highest BCUT2D eigenvalue weighted by Gasteiger charge is 2.21. The number of nitrogens with zero attached hydrogens (tertiary/aromatic N) is 1. The SMILES string of the molecule is Cc1cscc1C(=O)Nc1ccc2nc([C@H]3CCCO3)[nH]c2c1. The fraction of sp³-hybridized carbons (Fsp3) is 0.294. The summed E-state index contributed by atoms with van der Waals surface area (Å²) in [5.74, 6) is 0.789. The predicted molar refractivity (Wildman–Crippen MR) is 91.0 cm³/mol. The molecule has 1 aliphatic heterocycles. The number of H-pyrrole nitrogens is 1. The summed E-state index contributed by atoms with van der Waals surface area (Å²) in [4.78, 5) is 20.2. The van der Waals surface area contributed by atoms with Crippen molar-refractivity contribution in [2.24, 2.45) is 0 Å². The Morgan fingerprint density at radius 3 is 3.09 bits per heavy atom. The summed E-state index contributed by atoms with van der Waals surface area (Å²) in [6.07, 6.45) is 2.14. The lowest BCUT2D eigenvalue weighted by Gasteiger charge is -2.04. The van der Waals surface area contributed by atoms with Crippen molar-refractivity contribution >= 4 is 34.0 Å². The zero-order valence-electron chi connectivity index (χ0n) is 12.8. The minimum absolute atomic E-state index is 0.0638. The third-order valence-corrected chi connectivity index (χ3v) is 4.95. The molecule has 2 N–H and O–H groups in total. The minimum atomic E-state index is -0.0815. The largest absolute Gasteiger partial charge is 0.370 e. The summed E-state index contributed by atoms with van der Waals surface area (Å²) < 4.78 is 5.66. The zero-order chi connectivity index (χ0) is 15.8. The number of amides is 1. The molecule has 3 heterocycles. The van der Waals surface area contributed by atoms with Gasteiger partial charge in [0.2, 0.25) is 0 Å². The number of aromatic amines is 1. The van der Waals surface area contributed by atoms with Crippen molar-refractivity contribution in [3.8, 4) is 0 Å². The standard InChI is InChI=1S/C17H17N3O2S/c1-10-8-23-9-12(10)17(21)18-11-4-5-13-14(7-11)20-16(19-13)15-3-2-6-22-15/h4-5,7-9,15H,2-3,6H2,1H3,(H,18,21)(H,19,20)/t15-/m1/s1. The second-order valence-corrected chi connectivity index (χ2v) is 6.52. The fourth-order valence-electron chi connectivity index (χ4n) is 2.84. The second-order valence-electron chi connectivity index (χ2n) is 5.78. The van der Waals surface area contributed by atoms with Crippen LogP contribution in [0.1, 0.15) is 40.7 Å². The number of nitrogens with one attached hydrogen (secondary N) is 2. The van der Waals surface area contributed by atoms with E-state index in [4.69, 9.17) is 4.74 Å². The molecule has 0 radical (unpaired) electrons. The van der Waals surface area contributed by atoms with Gasteiger partial charge in [-0.25, -0.2) is 4.98 Å². The quantitative estimate of drug-likeness (QED) is 0.763. The Labute approximate surface area is 137 Å². The molecule has 1 aliphatic rings. The number of anilines is 1. The molecule has 0 aliphatic carbocycles. The van der Waals surface area contributed by atoms with Gasteiger partial charge in [0.15, 0.2) is 0 Å². The van der Waals surface area contributed by atoms with Gasteiger partial charge in [0.05, 0.1) is 16.6 Å². The number of ether oxygens (including phenoxy) is 1. The first-order valence-corrected chi connectivity index (χ1v) is 8.60. The van der Waals surface area contributed by atoms with Gasteiger partial charge in [0.25, 0.3) is 5.91 Å². The van der Waals surface area contributed by atoms with Crippen molar-refractivity contribution in [2.45, 2.75) is 25.9 Å². The van der Waals surface area contributed by atoms with E-state index in [2.05, 4.69) is 15.3 Å². The van der Waals surface area contributed by atoms with Crippen LogP contribution < -0.4 is 5.32 Å². The Morgan fingerprint density at radius 1 is 1.43 bits per heavy atom. The lowest BCUT2D eigenvalue weighted by Crippen LogP contribution is -2.11. The van der Waals surface area contributed by atoms with Crippen molar-refractivity contribution in [3.05, 3.63) is 45.9 Å². The molecule has 4 rings (SSSR count). The number of benzene rings is 1. The van der Waals surface area contributed by atoms with Gasteiger partial charge < -0.3 is 15.0 Å². The number of thiophene rings is 1. The van der Waals surface area contributed by atoms with E-state index in [9.17, 15) is 4.79 Å². The van der Waals surface area contributed by atoms with Crippen LogP contribution in [-0.2, 0) is 4.74 Å². The average Bonchev–Trinajstić information content (AvgIpc) is 3.26. The van der Waals surface area contributed by atoms with Crippen molar-refractivity contribution < 1.29 is 9.53 Å². The number of hydrogen-bond donors (Lipinski definition) is 2. The Kier molecular flexibility index (Phi) is 3.63. The molecule has 1 saturated heterocycles. The maximum Gasteiger partial charge on any atom is 0.256 e. The lowest BCUT2D eigenvalue weighted by atomic mass is 10.2. The molecular formula is C17H17N3O2S. The Morgan fingerprint density at radius 2 is 2.35 bits per heavy atom. The third kappa shape index (κ3) is 2.75. The van der Waals surface area contributed by atoms with Gasteiger partial charge in [-0.05, 0) is 48.9 Å². The molecule has 1 atom stereocenters. The predicted octanol–water partition coefficient (Wildman–Crippen LogP) is 4.04. The highest BCUT2D eigenvalue weighted by atomic mass is 32.1. The molecule has 118 valence electrons. The van der Waals surface area contributed by atoms with Crippen LogP contribution in [0.2, 0.25) is 0 Å². The number of rotatable bonds is 3. The van der Waals surface area contributed by atoms with Crippen LogP contribution >= 0.6 is 11.3 Å². The van der Waals surface area contributed by atoms with Gasteiger partial charge in [0, 0.05) is 17.7 Å². The normalized spacial score (nSPS) is 17.7. The summed E-state index contributed by atoms with van der Waals surface area (Å²) in [6.45, 7) is 2.74. The number of aryl methyl sites for hydroxylation is 1. The van der Waals surface area contributed by atoms with Crippen LogP contribution in [0, 0.1) is 6.92 Å².